The second-order valence-corrected chi connectivity index (χ2v) is 5.71. The lowest BCUT2D eigenvalue weighted by atomic mass is 10.0. The van der Waals surface area contributed by atoms with Gasteiger partial charge >= 0.3 is 5.97 Å². The molecule has 0 bridgehead atoms. The topological polar surface area (TPSA) is 82.1 Å². The zero-order chi connectivity index (χ0) is 16.8. The molecule has 0 aliphatic carbocycles. The maximum atomic E-state index is 12.7. The second-order valence-electron chi connectivity index (χ2n) is 5.71. The number of ether oxygens (including phenoxy) is 3. The SMILES string of the molecule is CCC(OC(C)C)(OC(C)C)C(=O)C(OC(C)C)C(=O)O. The lowest BCUT2D eigenvalue weighted by Gasteiger charge is -2.36. The van der Waals surface area contributed by atoms with Crippen LogP contribution in [-0.2, 0) is 23.8 Å². The van der Waals surface area contributed by atoms with Crippen molar-refractivity contribution in [1.82, 2.24) is 0 Å². The van der Waals surface area contributed by atoms with Gasteiger partial charge in [0.25, 0.3) is 0 Å². The van der Waals surface area contributed by atoms with Gasteiger partial charge in [-0.3, -0.25) is 4.79 Å². The Morgan fingerprint density at radius 1 is 0.952 bits per heavy atom. The van der Waals surface area contributed by atoms with Gasteiger partial charge in [-0.15, -0.1) is 0 Å². The predicted molar refractivity (Wildman–Crippen MR) is 78.1 cm³/mol. The van der Waals surface area contributed by atoms with Crippen molar-refractivity contribution in [1.29, 1.82) is 0 Å². The van der Waals surface area contributed by atoms with Gasteiger partial charge in [-0.25, -0.2) is 4.79 Å². The highest BCUT2D eigenvalue weighted by molar-refractivity contribution is 6.05. The zero-order valence-corrected chi connectivity index (χ0v) is 14.0. The molecule has 0 aromatic rings. The highest BCUT2D eigenvalue weighted by atomic mass is 16.7. The predicted octanol–water partition coefficient (Wildman–Crippen LogP) is 2.39. The highest BCUT2D eigenvalue weighted by Gasteiger charge is 2.48. The van der Waals surface area contributed by atoms with Crippen LogP contribution in [0.4, 0.5) is 0 Å². The van der Waals surface area contributed by atoms with Crippen molar-refractivity contribution in [2.75, 3.05) is 0 Å². The first-order chi connectivity index (χ1) is 9.55. The third kappa shape index (κ3) is 6.11. The van der Waals surface area contributed by atoms with Crippen LogP contribution in [0, 0.1) is 0 Å². The molecule has 0 aliphatic heterocycles. The molecule has 0 spiro atoms. The molecular formula is C15H28O6. The third-order valence-corrected chi connectivity index (χ3v) is 2.56. The summed E-state index contributed by atoms with van der Waals surface area (Å²) in [6.07, 6.45) is -2.39. The smallest absolute Gasteiger partial charge is 0.340 e. The molecule has 0 radical (unpaired) electrons. The minimum Gasteiger partial charge on any atom is -0.479 e. The van der Waals surface area contributed by atoms with Crippen LogP contribution in [0.2, 0.25) is 0 Å². The van der Waals surface area contributed by atoms with Gasteiger partial charge in [0.15, 0.2) is 0 Å². The Kier molecular flexibility index (Phi) is 8.06. The van der Waals surface area contributed by atoms with Gasteiger partial charge in [-0.1, -0.05) is 6.92 Å². The molecule has 0 aromatic heterocycles. The first-order valence-corrected chi connectivity index (χ1v) is 7.34. The number of carboxylic acids is 1. The number of hydrogen-bond acceptors (Lipinski definition) is 5. The van der Waals surface area contributed by atoms with Crippen LogP contribution < -0.4 is 0 Å². The van der Waals surface area contributed by atoms with Gasteiger partial charge in [0.05, 0.1) is 18.3 Å². The minimum atomic E-state index is -1.61. The average molecular weight is 304 g/mol. The van der Waals surface area contributed by atoms with Crippen molar-refractivity contribution in [2.24, 2.45) is 0 Å². The van der Waals surface area contributed by atoms with Crippen LogP contribution in [0.3, 0.4) is 0 Å². The summed E-state index contributed by atoms with van der Waals surface area (Å²) in [6.45, 7) is 12.1. The van der Waals surface area contributed by atoms with Crippen molar-refractivity contribution in [3.63, 3.8) is 0 Å². The van der Waals surface area contributed by atoms with E-state index in [1.807, 2.05) is 0 Å². The number of carboxylic acid groups (broad SMARTS) is 1. The molecule has 124 valence electrons. The normalized spacial score (nSPS) is 14.0. The van der Waals surface area contributed by atoms with Gasteiger partial charge in [-0.05, 0) is 41.5 Å². The number of carbonyl (C=O) groups excluding carboxylic acids is 1. The summed E-state index contributed by atoms with van der Waals surface area (Å²) in [5.74, 6) is -3.67. The van der Waals surface area contributed by atoms with Crippen molar-refractivity contribution >= 4 is 11.8 Å². The van der Waals surface area contributed by atoms with E-state index in [1.54, 1.807) is 48.5 Å². The molecule has 1 N–H and O–H groups in total. The molecule has 0 aliphatic rings. The van der Waals surface area contributed by atoms with Crippen LogP contribution in [0.15, 0.2) is 0 Å². The maximum Gasteiger partial charge on any atom is 0.340 e. The van der Waals surface area contributed by atoms with E-state index in [0.717, 1.165) is 0 Å². The van der Waals surface area contributed by atoms with Crippen molar-refractivity contribution in [3.8, 4) is 0 Å². The summed E-state index contributed by atoms with van der Waals surface area (Å²) in [6, 6.07) is 0. The van der Waals surface area contributed by atoms with E-state index in [0.29, 0.717) is 0 Å². The monoisotopic (exact) mass is 304 g/mol. The number of carbonyl (C=O) groups is 2. The fraction of sp³-hybridized carbons (Fsp3) is 0.867. The van der Waals surface area contributed by atoms with Crippen LogP contribution >= 0.6 is 0 Å². The Hall–Kier alpha value is -0.980. The quantitative estimate of drug-likeness (QED) is 0.493. The summed E-state index contributed by atoms with van der Waals surface area (Å²) in [7, 11) is 0. The van der Waals surface area contributed by atoms with E-state index in [1.165, 1.54) is 0 Å². The maximum absolute atomic E-state index is 12.7. The Labute approximate surface area is 126 Å². The molecular weight excluding hydrogens is 276 g/mol. The van der Waals surface area contributed by atoms with E-state index in [4.69, 9.17) is 14.2 Å². The van der Waals surface area contributed by atoms with Crippen LogP contribution in [0.5, 0.6) is 0 Å². The molecule has 0 aromatic carbocycles. The molecule has 6 heteroatoms. The Balaban J connectivity index is 5.54. The van der Waals surface area contributed by atoms with E-state index < -0.39 is 29.7 Å². The number of Topliss-reactive ketones (excluding diaryl/α,β-unsaturated/α-hetero) is 1. The molecule has 0 saturated carbocycles. The van der Waals surface area contributed by atoms with Crippen molar-refractivity contribution < 1.29 is 28.9 Å². The molecule has 0 fully saturated rings. The van der Waals surface area contributed by atoms with Crippen LogP contribution in [0.25, 0.3) is 0 Å². The van der Waals surface area contributed by atoms with Gasteiger partial charge in [0.1, 0.15) is 0 Å². The van der Waals surface area contributed by atoms with E-state index >= 15 is 0 Å². The van der Waals surface area contributed by atoms with Gasteiger partial charge in [0, 0.05) is 6.42 Å². The molecule has 0 amide bonds. The van der Waals surface area contributed by atoms with Gasteiger partial charge < -0.3 is 19.3 Å². The molecule has 1 atom stereocenters. The molecule has 0 rings (SSSR count). The summed E-state index contributed by atoms with van der Waals surface area (Å²) >= 11 is 0. The van der Waals surface area contributed by atoms with Crippen LogP contribution in [0.1, 0.15) is 54.9 Å². The minimum absolute atomic E-state index is 0.202. The highest BCUT2D eigenvalue weighted by Crippen LogP contribution is 2.26. The lowest BCUT2D eigenvalue weighted by Crippen LogP contribution is -2.54. The lowest BCUT2D eigenvalue weighted by molar-refractivity contribution is -0.262. The van der Waals surface area contributed by atoms with Crippen LogP contribution in [-0.4, -0.2) is 47.1 Å². The molecule has 0 saturated heterocycles. The Morgan fingerprint density at radius 2 is 1.38 bits per heavy atom. The summed E-state index contributed by atoms with van der Waals surface area (Å²) in [5, 5.41) is 9.26. The molecule has 0 heterocycles. The molecule has 1 unspecified atom stereocenters. The van der Waals surface area contributed by atoms with E-state index in [-0.39, 0.29) is 18.6 Å². The number of aliphatic carboxylic acids is 1. The standard InChI is InChI=1S/C15H28O6/c1-8-15(20-10(4)5,21-11(6)7)13(16)12(14(17)18)19-9(2)3/h9-12H,8H2,1-7H3,(H,17,18). The molecule has 6 nitrogen and oxygen atoms in total. The summed E-state index contributed by atoms with van der Waals surface area (Å²) in [4.78, 5) is 24.0. The Morgan fingerprint density at radius 3 is 1.62 bits per heavy atom. The Bertz CT molecular complexity index is 338. The number of rotatable bonds is 10. The first kappa shape index (κ1) is 20.0. The number of ketones is 1. The van der Waals surface area contributed by atoms with Crippen molar-refractivity contribution in [3.05, 3.63) is 0 Å². The average Bonchev–Trinajstić information content (AvgIpc) is 2.32. The first-order valence-electron chi connectivity index (χ1n) is 7.34. The summed E-state index contributed by atoms with van der Waals surface area (Å²) < 4.78 is 16.6. The zero-order valence-electron chi connectivity index (χ0n) is 14.0. The second kappa shape index (κ2) is 8.46. The third-order valence-electron chi connectivity index (χ3n) is 2.56. The largest absolute Gasteiger partial charge is 0.479 e. The van der Waals surface area contributed by atoms with E-state index in [2.05, 4.69) is 0 Å². The fourth-order valence-corrected chi connectivity index (χ4v) is 1.95. The van der Waals surface area contributed by atoms with E-state index in [9.17, 15) is 14.7 Å². The summed E-state index contributed by atoms with van der Waals surface area (Å²) in [5.41, 5.74) is 0. The number of hydrogen-bond donors (Lipinski definition) is 1. The molecule has 21 heavy (non-hydrogen) atoms. The van der Waals surface area contributed by atoms with Gasteiger partial charge in [0.2, 0.25) is 17.7 Å². The van der Waals surface area contributed by atoms with Crippen molar-refractivity contribution in [2.45, 2.75) is 85.1 Å². The fourth-order valence-electron chi connectivity index (χ4n) is 1.95. The van der Waals surface area contributed by atoms with Gasteiger partial charge in [-0.2, -0.15) is 0 Å².